The maximum absolute atomic E-state index is 10.1. The van der Waals surface area contributed by atoms with Crippen molar-refractivity contribution in [2.75, 3.05) is 6.54 Å². The Hall–Kier alpha value is -1.84. The smallest absolute Gasteiger partial charge is 0.120 e. The number of hydrazine groups is 1. The van der Waals surface area contributed by atoms with E-state index in [2.05, 4.69) is 6.92 Å². The van der Waals surface area contributed by atoms with E-state index in [0.29, 0.717) is 12.3 Å². The van der Waals surface area contributed by atoms with Gasteiger partial charge >= 0.3 is 0 Å². The summed E-state index contributed by atoms with van der Waals surface area (Å²) in [5.41, 5.74) is 2.98. The molecule has 0 aromatic heterocycles. The molecule has 0 aliphatic rings. The van der Waals surface area contributed by atoms with Gasteiger partial charge in [0.15, 0.2) is 0 Å². The Balaban J connectivity index is 2.10. The quantitative estimate of drug-likeness (QED) is 0.623. The normalized spacial score (nSPS) is 10.9. The third-order valence-electron chi connectivity index (χ3n) is 3.36. The maximum Gasteiger partial charge on any atom is 0.120 e. The summed E-state index contributed by atoms with van der Waals surface area (Å²) in [5.74, 6) is 6.24. The lowest BCUT2D eigenvalue weighted by molar-refractivity contribution is 0.266. The molecule has 3 heteroatoms. The standard InChI is InChI=1S/C17H22N2O/c1-2-3-11-19(18)13-16-10-9-15(12-17(16)20)14-7-5-4-6-8-14/h4-10,12,20H,2-3,11,13,18H2,1H3. The Kier molecular flexibility index (Phi) is 5.16. The summed E-state index contributed by atoms with van der Waals surface area (Å²) in [6.07, 6.45) is 2.19. The maximum atomic E-state index is 10.1. The summed E-state index contributed by atoms with van der Waals surface area (Å²) in [7, 11) is 0. The lowest BCUT2D eigenvalue weighted by Gasteiger charge is -2.17. The molecule has 0 aliphatic heterocycles. The van der Waals surface area contributed by atoms with Crippen molar-refractivity contribution in [1.82, 2.24) is 5.01 Å². The van der Waals surface area contributed by atoms with E-state index >= 15 is 0 Å². The third-order valence-corrected chi connectivity index (χ3v) is 3.36. The molecule has 0 atom stereocenters. The predicted molar refractivity (Wildman–Crippen MR) is 83.0 cm³/mol. The number of benzene rings is 2. The van der Waals surface area contributed by atoms with Gasteiger partial charge in [-0.05, 0) is 23.6 Å². The number of unbranched alkanes of at least 4 members (excludes halogenated alkanes) is 1. The number of phenols is 1. The van der Waals surface area contributed by atoms with Crippen molar-refractivity contribution >= 4 is 0 Å². The molecule has 0 aliphatic carbocycles. The Labute approximate surface area is 120 Å². The second-order valence-electron chi connectivity index (χ2n) is 5.03. The summed E-state index contributed by atoms with van der Waals surface area (Å²) in [6.45, 7) is 3.55. The number of nitrogens with two attached hydrogens (primary N) is 1. The van der Waals surface area contributed by atoms with E-state index in [4.69, 9.17) is 5.84 Å². The van der Waals surface area contributed by atoms with Crippen LogP contribution >= 0.6 is 0 Å². The summed E-state index contributed by atoms with van der Waals surface area (Å²) in [6, 6.07) is 15.8. The predicted octanol–water partition coefficient (Wildman–Crippen LogP) is 3.54. The van der Waals surface area contributed by atoms with Gasteiger partial charge in [-0.1, -0.05) is 55.8 Å². The van der Waals surface area contributed by atoms with E-state index in [0.717, 1.165) is 36.1 Å². The van der Waals surface area contributed by atoms with Crippen molar-refractivity contribution in [3.8, 4) is 16.9 Å². The Morgan fingerprint density at radius 2 is 1.80 bits per heavy atom. The Morgan fingerprint density at radius 3 is 2.45 bits per heavy atom. The molecule has 0 unspecified atom stereocenters. The van der Waals surface area contributed by atoms with E-state index in [-0.39, 0.29) is 0 Å². The second kappa shape index (κ2) is 7.08. The molecule has 0 spiro atoms. The van der Waals surface area contributed by atoms with Gasteiger partial charge in [0, 0.05) is 18.7 Å². The molecular weight excluding hydrogens is 248 g/mol. The largest absolute Gasteiger partial charge is 0.508 e. The molecular formula is C17H22N2O. The summed E-state index contributed by atoms with van der Waals surface area (Å²) < 4.78 is 0. The van der Waals surface area contributed by atoms with Gasteiger partial charge in [-0.25, -0.2) is 5.01 Å². The molecule has 0 bridgehead atoms. The Bertz CT molecular complexity index is 540. The molecule has 3 N–H and O–H groups in total. The highest BCUT2D eigenvalue weighted by atomic mass is 16.3. The number of aromatic hydroxyl groups is 1. The van der Waals surface area contributed by atoms with E-state index in [1.165, 1.54) is 0 Å². The highest BCUT2D eigenvalue weighted by molar-refractivity contribution is 5.65. The first-order valence-electron chi connectivity index (χ1n) is 7.07. The van der Waals surface area contributed by atoms with Crippen molar-refractivity contribution in [2.24, 2.45) is 5.84 Å². The SMILES string of the molecule is CCCCN(N)Cc1ccc(-c2ccccc2)cc1O. The minimum atomic E-state index is 0.304. The van der Waals surface area contributed by atoms with Gasteiger partial charge < -0.3 is 5.11 Å². The summed E-state index contributed by atoms with van der Waals surface area (Å²) >= 11 is 0. The highest BCUT2D eigenvalue weighted by Gasteiger charge is 2.07. The molecule has 0 fully saturated rings. The van der Waals surface area contributed by atoms with Crippen LogP contribution in [0, 0.1) is 0 Å². The molecule has 2 rings (SSSR count). The van der Waals surface area contributed by atoms with Gasteiger partial charge in [0.2, 0.25) is 0 Å². The number of hydrogen-bond donors (Lipinski definition) is 2. The minimum Gasteiger partial charge on any atom is -0.508 e. The monoisotopic (exact) mass is 270 g/mol. The zero-order chi connectivity index (χ0) is 14.4. The van der Waals surface area contributed by atoms with Crippen LogP contribution < -0.4 is 5.84 Å². The van der Waals surface area contributed by atoms with Gasteiger partial charge in [0.05, 0.1) is 0 Å². The molecule has 20 heavy (non-hydrogen) atoms. The summed E-state index contributed by atoms with van der Waals surface area (Å²) in [5, 5.41) is 11.9. The second-order valence-corrected chi connectivity index (χ2v) is 5.03. The van der Waals surface area contributed by atoms with Crippen molar-refractivity contribution in [2.45, 2.75) is 26.3 Å². The van der Waals surface area contributed by atoms with Crippen LogP contribution in [0.2, 0.25) is 0 Å². The van der Waals surface area contributed by atoms with Crippen LogP contribution in [0.4, 0.5) is 0 Å². The number of hydrogen-bond acceptors (Lipinski definition) is 3. The molecule has 0 heterocycles. The zero-order valence-corrected chi connectivity index (χ0v) is 11.9. The van der Waals surface area contributed by atoms with Gasteiger partial charge in [-0.3, -0.25) is 5.84 Å². The van der Waals surface area contributed by atoms with E-state index in [1.54, 1.807) is 11.1 Å². The van der Waals surface area contributed by atoms with Crippen molar-refractivity contribution in [3.05, 3.63) is 54.1 Å². The highest BCUT2D eigenvalue weighted by Crippen LogP contribution is 2.26. The van der Waals surface area contributed by atoms with E-state index in [1.807, 2.05) is 42.5 Å². The Morgan fingerprint density at radius 1 is 1.05 bits per heavy atom. The zero-order valence-electron chi connectivity index (χ0n) is 11.9. The fraction of sp³-hybridized carbons (Fsp3) is 0.294. The topological polar surface area (TPSA) is 49.5 Å². The van der Waals surface area contributed by atoms with Crippen LogP contribution in [-0.2, 0) is 6.54 Å². The van der Waals surface area contributed by atoms with Gasteiger partial charge in [0.1, 0.15) is 5.75 Å². The first kappa shape index (κ1) is 14.6. The molecule has 0 radical (unpaired) electrons. The lowest BCUT2D eigenvalue weighted by Crippen LogP contribution is -2.31. The van der Waals surface area contributed by atoms with E-state index in [9.17, 15) is 5.11 Å². The molecule has 0 amide bonds. The first-order valence-corrected chi connectivity index (χ1v) is 7.07. The third kappa shape index (κ3) is 3.83. The van der Waals surface area contributed by atoms with Crippen LogP contribution in [-0.4, -0.2) is 16.7 Å². The average molecular weight is 270 g/mol. The molecule has 3 nitrogen and oxygen atoms in total. The number of nitrogens with zero attached hydrogens (tertiary/aromatic N) is 1. The number of phenolic OH excluding ortho intramolecular Hbond substituents is 1. The van der Waals surface area contributed by atoms with Gasteiger partial charge in [0.25, 0.3) is 0 Å². The van der Waals surface area contributed by atoms with E-state index < -0.39 is 0 Å². The fourth-order valence-electron chi connectivity index (χ4n) is 2.17. The average Bonchev–Trinajstić information content (AvgIpc) is 2.48. The first-order chi connectivity index (χ1) is 9.70. The molecule has 106 valence electrons. The van der Waals surface area contributed by atoms with Crippen LogP contribution in [0.3, 0.4) is 0 Å². The summed E-state index contributed by atoms with van der Waals surface area (Å²) in [4.78, 5) is 0. The number of rotatable bonds is 6. The minimum absolute atomic E-state index is 0.304. The molecule has 0 saturated heterocycles. The van der Waals surface area contributed by atoms with Crippen molar-refractivity contribution in [1.29, 1.82) is 0 Å². The van der Waals surface area contributed by atoms with Crippen LogP contribution in [0.25, 0.3) is 11.1 Å². The van der Waals surface area contributed by atoms with Crippen LogP contribution in [0.5, 0.6) is 5.75 Å². The van der Waals surface area contributed by atoms with Crippen molar-refractivity contribution < 1.29 is 5.11 Å². The lowest BCUT2D eigenvalue weighted by atomic mass is 10.0. The van der Waals surface area contributed by atoms with Crippen LogP contribution in [0.1, 0.15) is 25.3 Å². The van der Waals surface area contributed by atoms with Crippen molar-refractivity contribution in [3.63, 3.8) is 0 Å². The van der Waals surface area contributed by atoms with Crippen LogP contribution in [0.15, 0.2) is 48.5 Å². The molecule has 2 aromatic carbocycles. The molecule has 0 saturated carbocycles. The molecule has 2 aromatic rings. The van der Waals surface area contributed by atoms with Gasteiger partial charge in [-0.15, -0.1) is 0 Å². The fourth-order valence-corrected chi connectivity index (χ4v) is 2.17. The van der Waals surface area contributed by atoms with Gasteiger partial charge in [-0.2, -0.15) is 0 Å².